The van der Waals surface area contributed by atoms with Crippen molar-refractivity contribution < 1.29 is 9.34 Å². The van der Waals surface area contributed by atoms with Crippen molar-refractivity contribution in [3.63, 3.8) is 0 Å². The second-order valence-corrected chi connectivity index (χ2v) is 9.98. The number of para-hydroxylation sites is 1. The van der Waals surface area contributed by atoms with Gasteiger partial charge in [0.1, 0.15) is 17.3 Å². The first-order valence-corrected chi connectivity index (χ1v) is 12.7. The van der Waals surface area contributed by atoms with E-state index in [0.29, 0.717) is 40.9 Å². The van der Waals surface area contributed by atoms with E-state index >= 15 is 0 Å². The lowest BCUT2D eigenvalue weighted by molar-refractivity contribution is -0.384. The molecule has 2 heterocycles. The Hall–Kier alpha value is -3.69. The van der Waals surface area contributed by atoms with Gasteiger partial charge < -0.3 is 20.0 Å². The minimum Gasteiger partial charge on any atom is -0.459 e. The lowest BCUT2D eigenvalue weighted by Crippen LogP contribution is -2.36. The Balaban J connectivity index is 1.16. The van der Waals surface area contributed by atoms with E-state index in [1.54, 1.807) is 18.2 Å². The average molecular weight is 521 g/mol. The molecule has 4 aromatic rings. The standard InChI is InChI=1S/C27H29ClN6O3/c1-33(2)26-21-5-3-4-6-23(21)31-27(32-26)30-19-10-8-18(9-11-19)29-16-20-12-14-25(37-20)22-13-7-17(28)15-24(22)34(35)36/h3-7,12-15,18-19,29H,8-11,16H2,1-2H3,(H,30,31,32). The summed E-state index contributed by atoms with van der Waals surface area (Å²) < 4.78 is 5.91. The Bertz CT molecular complexity index is 1410. The molecule has 0 atom stereocenters. The third-order valence-electron chi connectivity index (χ3n) is 6.72. The van der Waals surface area contributed by atoms with E-state index in [1.165, 1.54) is 6.07 Å². The van der Waals surface area contributed by atoms with Crippen molar-refractivity contribution in [2.24, 2.45) is 0 Å². The Labute approximate surface area is 220 Å². The van der Waals surface area contributed by atoms with Gasteiger partial charge in [0.2, 0.25) is 5.95 Å². The van der Waals surface area contributed by atoms with Crippen LogP contribution in [0.15, 0.2) is 59.0 Å². The lowest BCUT2D eigenvalue weighted by Gasteiger charge is -2.30. The van der Waals surface area contributed by atoms with Gasteiger partial charge in [0.05, 0.1) is 22.5 Å². The fourth-order valence-electron chi connectivity index (χ4n) is 4.82. The minimum absolute atomic E-state index is 0.0692. The van der Waals surface area contributed by atoms with E-state index in [-0.39, 0.29) is 5.69 Å². The van der Waals surface area contributed by atoms with Crippen LogP contribution in [0.4, 0.5) is 17.5 Å². The monoisotopic (exact) mass is 520 g/mol. The fourth-order valence-corrected chi connectivity index (χ4v) is 4.98. The summed E-state index contributed by atoms with van der Waals surface area (Å²) in [4.78, 5) is 22.5. The highest BCUT2D eigenvalue weighted by molar-refractivity contribution is 6.30. The molecule has 1 saturated carbocycles. The molecule has 192 valence electrons. The summed E-state index contributed by atoms with van der Waals surface area (Å²) >= 11 is 5.93. The lowest BCUT2D eigenvalue weighted by atomic mass is 9.91. The fraction of sp³-hybridized carbons (Fsp3) is 0.333. The molecule has 37 heavy (non-hydrogen) atoms. The number of nitrogens with one attached hydrogen (secondary N) is 2. The molecule has 5 rings (SSSR count). The molecule has 0 bridgehead atoms. The van der Waals surface area contributed by atoms with Crippen molar-refractivity contribution in [1.29, 1.82) is 0 Å². The minimum atomic E-state index is -0.446. The van der Waals surface area contributed by atoms with Gasteiger partial charge in [-0.15, -0.1) is 0 Å². The number of aromatic nitrogens is 2. The molecule has 1 fully saturated rings. The molecule has 10 heteroatoms. The number of hydrogen-bond donors (Lipinski definition) is 2. The van der Waals surface area contributed by atoms with Crippen molar-refractivity contribution in [3.8, 4) is 11.3 Å². The van der Waals surface area contributed by atoms with Crippen molar-refractivity contribution in [3.05, 3.63) is 75.5 Å². The molecule has 0 amide bonds. The van der Waals surface area contributed by atoms with Crippen LogP contribution in [0.5, 0.6) is 0 Å². The molecule has 0 spiro atoms. The number of nitrogens with zero attached hydrogens (tertiary/aromatic N) is 4. The normalized spacial score (nSPS) is 17.6. The Morgan fingerprint density at radius 1 is 1.05 bits per heavy atom. The largest absolute Gasteiger partial charge is 0.459 e. The Morgan fingerprint density at radius 3 is 2.57 bits per heavy atom. The molecule has 0 radical (unpaired) electrons. The van der Waals surface area contributed by atoms with Gasteiger partial charge in [-0.25, -0.2) is 4.98 Å². The van der Waals surface area contributed by atoms with Crippen LogP contribution in [0.1, 0.15) is 31.4 Å². The second kappa shape index (κ2) is 10.7. The number of hydrogen-bond acceptors (Lipinski definition) is 8. The summed E-state index contributed by atoms with van der Waals surface area (Å²) in [7, 11) is 3.99. The predicted molar refractivity (Wildman–Crippen MR) is 146 cm³/mol. The van der Waals surface area contributed by atoms with Gasteiger partial charge >= 0.3 is 0 Å². The predicted octanol–water partition coefficient (Wildman–Crippen LogP) is 6.03. The van der Waals surface area contributed by atoms with Crippen LogP contribution in [-0.2, 0) is 6.54 Å². The van der Waals surface area contributed by atoms with Gasteiger partial charge in [-0.1, -0.05) is 23.7 Å². The van der Waals surface area contributed by atoms with Crippen molar-refractivity contribution in [2.75, 3.05) is 24.3 Å². The Kier molecular flexibility index (Phi) is 7.25. The van der Waals surface area contributed by atoms with Gasteiger partial charge in [0.15, 0.2) is 0 Å². The summed E-state index contributed by atoms with van der Waals surface area (Å²) in [6, 6.07) is 16.9. The zero-order chi connectivity index (χ0) is 25.9. The summed E-state index contributed by atoms with van der Waals surface area (Å²) in [6.07, 6.45) is 4.04. The maximum atomic E-state index is 11.4. The van der Waals surface area contributed by atoms with Gasteiger partial charge in [-0.2, -0.15) is 4.98 Å². The number of furan rings is 1. The molecule has 9 nitrogen and oxygen atoms in total. The Morgan fingerprint density at radius 2 is 1.81 bits per heavy atom. The van der Waals surface area contributed by atoms with E-state index in [0.717, 1.165) is 48.2 Å². The zero-order valence-corrected chi connectivity index (χ0v) is 21.5. The zero-order valence-electron chi connectivity index (χ0n) is 20.8. The van der Waals surface area contributed by atoms with E-state index in [4.69, 9.17) is 26.0 Å². The van der Waals surface area contributed by atoms with Crippen LogP contribution in [0.2, 0.25) is 5.02 Å². The van der Waals surface area contributed by atoms with Crippen molar-refractivity contribution in [1.82, 2.24) is 15.3 Å². The van der Waals surface area contributed by atoms with Gasteiger partial charge in [0.25, 0.3) is 5.69 Å². The maximum Gasteiger partial charge on any atom is 0.281 e. The topological polar surface area (TPSA) is 109 Å². The van der Waals surface area contributed by atoms with E-state index in [9.17, 15) is 10.1 Å². The molecule has 0 aliphatic heterocycles. The molecule has 1 aliphatic carbocycles. The first-order chi connectivity index (χ1) is 17.9. The van der Waals surface area contributed by atoms with Crippen molar-refractivity contribution in [2.45, 2.75) is 44.3 Å². The average Bonchev–Trinajstić information content (AvgIpc) is 3.36. The van der Waals surface area contributed by atoms with E-state index < -0.39 is 4.92 Å². The first kappa shape index (κ1) is 25.0. The van der Waals surface area contributed by atoms with Crippen LogP contribution >= 0.6 is 11.6 Å². The second-order valence-electron chi connectivity index (χ2n) is 9.54. The van der Waals surface area contributed by atoms with Crippen LogP contribution in [0.25, 0.3) is 22.2 Å². The smallest absolute Gasteiger partial charge is 0.281 e. The van der Waals surface area contributed by atoms with Gasteiger partial charge in [0, 0.05) is 42.7 Å². The maximum absolute atomic E-state index is 11.4. The molecule has 2 aromatic heterocycles. The van der Waals surface area contributed by atoms with Gasteiger partial charge in [-0.05, 0) is 62.1 Å². The number of nitro benzene ring substituents is 1. The number of nitro groups is 1. The third-order valence-corrected chi connectivity index (χ3v) is 6.95. The number of halogens is 1. The number of benzene rings is 2. The SMILES string of the molecule is CN(C)c1nc(NC2CCC(NCc3ccc(-c4ccc(Cl)cc4[N+](=O)[O-])o3)CC2)nc2ccccc12. The molecule has 1 aliphatic rings. The van der Waals surface area contributed by atoms with Crippen molar-refractivity contribution >= 4 is 40.0 Å². The quantitative estimate of drug-likeness (QED) is 0.214. The van der Waals surface area contributed by atoms with E-state index in [2.05, 4.69) is 10.6 Å². The number of anilines is 2. The molecule has 2 aromatic carbocycles. The first-order valence-electron chi connectivity index (χ1n) is 12.3. The summed E-state index contributed by atoms with van der Waals surface area (Å²) in [5.74, 6) is 2.77. The van der Waals surface area contributed by atoms with Crippen LogP contribution in [0.3, 0.4) is 0 Å². The van der Waals surface area contributed by atoms with Gasteiger partial charge in [-0.3, -0.25) is 10.1 Å². The van der Waals surface area contributed by atoms with Crippen LogP contribution in [0, 0.1) is 10.1 Å². The molecular weight excluding hydrogens is 492 g/mol. The van der Waals surface area contributed by atoms with Crippen LogP contribution < -0.4 is 15.5 Å². The number of fused-ring (bicyclic) bond motifs is 1. The number of rotatable bonds is 8. The van der Waals surface area contributed by atoms with E-state index in [1.807, 2.05) is 49.3 Å². The molecule has 0 unspecified atom stereocenters. The highest BCUT2D eigenvalue weighted by Gasteiger charge is 2.23. The molecule has 2 N–H and O–H groups in total. The third kappa shape index (κ3) is 5.68. The van der Waals surface area contributed by atoms with Crippen LogP contribution in [-0.4, -0.2) is 41.1 Å². The highest BCUT2D eigenvalue weighted by Crippen LogP contribution is 2.33. The molecular formula is C27H29ClN6O3. The highest BCUT2D eigenvalue weighted by atomic mass is 35.5. The summed E-state index contributed by atoms with van der Waals surface area (Å²) in [5.41, 5.74) is 1.28. The summed E-state index contributed by atoms with van der Waals surface area (Å²) in [6.45, 7) is 0.560. The summed E-state index contributed by atoms with van der Waals surface area (Å²) in [5, 5.41) is 19.9. The molecule has 0 saturated heterocycles.